The van der Waals surface area contributed by atoms with Gasteiger partial charge in [-0.3, -0.25) is 4.79 Å². The van der Waals surface area contributed by atoms with Gasteiger partial charge in [0.15, 0.2) is 6.10 Å². The maximum Gasteiger partial charge on any atom is 0.339 e. The van der Waals surface area contributed by atoms with Crippen LogP contribution in [-0.4, -0.2) is 18.0 Å². The van der Waals surface area contributed by atoms with Crippen molar-refractivity contribution in [3.05, 3.63) is 64.7 Å². The molecular formula is C18H17NO3. The number of anilines is 1. The van der Waals surface area contributed by atoms with E-state index in [0.717, 1.165) is 22.4 Å². The lowest BCUT2D eigenvalue weighted by Gasteiger charge is -2.23. The van der Waals surface area contributed by atoms with Crippen molar-refractivity contribution in [1.82, 2.24) is 0 Å². The summed E-state index contributed by atoms with van der Waals surface area (Å²) in [5, 5.41) is 2.83. The molecule has 1 aliphatic rings. The van der Waals surface area contributed by atoms with Crippen molar-refractivity contribution in [2.75, 3.05) is 5.32 Å². The summed E-state index contributed by atoms with van der Waals surface area (Å²) >= 11 is 0. The van der Waals surface area contributed by atoms with E-state index in [2.05, 4.69) is 5.32 Å². The number of nitrogens with one attached hydrogen (secondary N) is 1. The lowest BCUT2D eigenvalue weighted by Crippen LogP contribution is -2.38. The monoisotopic (exact) mass is 295 g/mol. The van der Waals surface area contributed by atoms with Crippen LogP contribution in [0.15, 0.2) is 42.5 Å². The number of esters is 1. The normalized spacial score (nSPS) is 16.6. The Kier molecular flexibility index (Phi) is 3.67. The highest BCUT2D eigenvalue weighted by molar-refractivity contribution is 6.00. The molecule has 4 nitrogen and oxygen atoms in total. The fourth-order valence-electron chi connectivity index (χ4n) is 2.75. The minimum atomic E-state index is -0.789. The summed E-state index contributed by atoms with van der Waals surface area (Å²) in [5.74, 6) is -0.740. The zero-order chi connectivity index (χ0) is 15.7. The number of hydrogen-bond acceptors (Lipinski definition) is 3. The third-order valence-corrected chi connectivity index (χ3v) is 3.67. The first-order valence-corrected chi connectivity index (χ1v) is 7.21. The highest BCUT2D eigenvalue weighted by Gasteiger charge is 2.31. The Hall–Kier alpha value is -2.62. The lowest BCUT2D eigenvalue weighted by atomic mass is 9.98. The molecule has 0 fully saturated rings. The average molecular weight is 295 g/mol. The highest BCUT2D eigenvalue weighted by atomic mass is 16.5. The number of fused-ring (bicyclic) bond motifs is 1. The molecule has 0 saturated heterocycles. The number of carbonyl (C=O) groups excluding carboxylic acids is 2. The van der Waals surface area contributed by atoms with Gasteiger partial charge in [-0.15, -0.1) is 0 Å². The molecule has 22 heavy (non-hydrogen) atoms. The lowest BCUT2D eigenvalue weighted by molar-refractivity contribution is -0.125. The van der Waals surface area contributed by atoms with Crippen LogP contribution in [0.5, 0.6) is 0 Å². The number of rotatable bonds is 2. The Morgan fingerprint density at radius 1 is 1.14 bits per heavy atom. The first-order chi connectivity index (χ1) is 10.5. The quantitative estimate of drug-likeness (QED) is 0.866. The van der Waals surface area contributed by atoms with Crippen LogP contribution in [0.3, 0.4) is 0 Å². The second-order valence-electron chi connectivity index (χ2n) is 5.62. The average Bonchev–Trinajstić information content (AvgIpc) is 2.46. The van der Waals surface area contributed by atoms with Gasteiger partial charge in [0.05, 0.1) is 5.56 Å². The third kappa shape index (κ3) is 2.86. The molecule has 0 radical (unpaired) electrons. The summed E-state index contributed by atoms with van der Waals surface area (Å²) in [4.78, 5) is 24.3. The van der Waals surface area contributed by atoms with E-state index >= 15 is 0 Å². The number of benzene rings is 2. The van der Waals surface area contributed by atoms with Crippen LogP contribution in [0, 0.1) is 13.8 Å². The molecule has 2 aromatic rings. The van der Waals surface area contributed by atoms with Crippen LogP contribution in [0.2, 0.25) is 0 Å². The van der Waals surface area contributed by atoms with Gasteiger partial charge in [-0.05, 0) is 48.7 Å². The molecule has 0 aromatic heterocycles. The summed E-state index contributed by atoms with van der Waals surface area (Å²) in [6.45, 7) is 3.94. The zero-order valence-corrected chi connectivity index (χ0v) is 12.6. The van der Waals surface area contributed by atoms with E-state index in [4.69, 9.17) is 4.74 Å². The van der Waals surface area contributed by atoms with E-state index in [-0.39, 0.29) is 5.91 Å². The van der Waals surface area contributed by atoms with Crippen molar-refractivity contribution in [3.63, 3.8) is 0 Å². The molecule has 0 unspecified atom stereocenters. The van der Waals surface area contributed by atoms with Crippen LogP contribution >= 0.6 is 0 Å². The predicted molar refractivity (Wildman–Crippen MR) is 83.9 cm³/mol. The number of cyclic esters (lactones) is 1. The second kappa shape index (κ2) is 5.64. The first-order valence-electron chi connectivity index (χ1n) is 7.21. The molecule has 0 aliphatic carbocycles. The minimum Gasteiger partial charge on any atom is -0.448 e. The van der Waals surface area contributed by atoms with Gasteiger partial charge in [0.2, 0.25) is 0 Å². The molecule has 1 aliphatic heterocycles. The maximum atomic E-state index is 12.4. The predicted octanol–water partition coefficient (Wildman–Crippen LogP) is 3.02. The van der Waals surface area contributed by atoms with E-state index in [1.807, 2.05) is 44.2 Å². The van der Waals surface area contributed by atoms with Gasteiger partial charge < -0.3 is 10.1 Å². The number of ether oxygens (including phenoxy) is 1. The smallest absolute Gasteiger partial charge is 0.339 e. The van der Waals surface area contributed by atoms with Gasteiger partial charge in [0, 0.05) is 12.1 Å². The van der Waals surface area contributed by atoms with Gasteiger partial charge in [0.1, 0.15) is 0 Å². The molecular weight excluding hydrogens is 278 g/mol. The minimum absolute atomic E-state index is 0.298. The fraction of sp³-hybridized carbons (Fsp3) is 0.222. The molecule has 0 bridgehead atoms. The Morgan fingerprint density at radius 3 is 2.55 bits per heavy atom. The van der Waals surface area contributed by atoms with Gasteiger partial charge in [-0.1, -0.05) is 24.3 Å². The molecule has 1 amide bonds. The van der Waals surface area contributed by atoms with Crippen molar-refractivity contribution in [1.29, 1.82) is 0 Å². The molecule has 0 spiro atoms. The second-order valence-corrected chi connectivity index (χ2v) is 5.62. The highest BCUT2D eigenvalue weighted by Crippen LogP contribution is 2.22. The molecule has 112 valence electrons. The van der Waals surface area contributed by atoms with Crippen molar-refractivity contribution in [3.8, 4) is 0 Å². The van der Waals surface area contributed by atoms with Crippen LogP contribution < -0.4 is 5.32 Å². The van der Waals surface area contributed by atoms with Gasteiger partial charge in [-0.2, -0.15) is 0 Å². The standard InChI is InChI=1S/C18H17NO3/c1-11-7-12(2)9-14(8-11)19-17(20)16-10-13-5-3-4-6-15(13)18(21)22-16/h3-9,16H,10H2,1-2H3,(H,19,20)/t16-/m1/s1. The Balaban J connectivity index is 1.78. The summed E-state index contributed by atoms with van der Waals surface area (Å²) in [6, 6.07) is 13.0. The Bertz CT molecular complexity index is 731. The molecule has 1 N–H and O–H groups in total. The van der Waals surface area contributed by atoms with Gasteiger partial charge >= 0.3 is 5.97 Å². The van der Waals surface area contributed by atoms with Crippen molar-refractivity contribution >= 4 is 17.6 Å². The number of hydrogen-bond donors (Lipinski definition) is 1. The fourth-order valence-corrected chi connectivity index (χ4v) is 2.75. The van der Waals surface area contributed by atoms with Crippen LogP contribution in [-0.2, 0) is 16.0 Å². The van der Waals surface area contributed by atoms with Gasteiger partial charge in [0.25, 0.3) is 5.91 Å². The van der Waals surface area contributed by atoms with E-state index < -0.39 is 12.1 Å². The molecule has 1 heterocycles. The van der Waals surface area contributed by atoms with Crippen molar-refractivity contribution < 1.29 is 14.3 Å². The van der Waals surface area contributed by atoms with E-state index in [1.165, 1.54) is 0 Å². The molecule has 2 aromatic carbocycles. The van der Waals surface area contributed by atoms with E-state index in [9.17, 15) is 9.59 Å². The molecule has 0 saturated carbocycles. The van der Waals surface area contributed by atoms with Crippen molar-refractivity contribution in [2.45, 2.75) is 26.4 Å². The largest absolute Gasteiger partial charge is 0.448 e. The van der Waals surface area contributed by atoms with Crippen LogP contribution in [0.1, 0.15) is 27.0 Å². The number of amides is 1. The number of aryl methyl sites for hydroxylation is 2. The zero-order valence-electron chi connectivity index (χ0n) is 12.6. The number of carbonyl (C=O) groups is 2. The van der Waals surface area contributed by atoms with E-state index in [0.29, 0.717) is 12.0 Å². The van der Waals surface area contributed by atoms with E-state index in [1.54, 1.807) is 12.1 Å². The summed E-state index contributed by atoms with van der Waals surface area (Å²) in [6.07, 6.45) is -0.387. The third-order valence-electron chi connectivity index (χ3n) is 3.67. The Morgan fingerprint density at radius 2 is 1.82 bits per heavy atom. The van der Waals surface area contributed by atoms with Crippen molar-refractivity contribution in [2.24, 2.45) is 0 Å². The Labute approximate surface area is 129 Å². The topological polar surface area (TPSA) is 55.4 Å². The summed E-state index contributed by atoms with van der Waals surface area (Å²) < 4.78 is 5.26. The summed E-state index contributed by atoms with van der Waals surface area (Å²) in [7, 11) is 0. The van der Waals surface area contributed by atoms with Crippen LogP contribution in [0.4, 0.5) is 5.69 Å². The molecule has 3 rings (SSSR count). The SMILES string of the molecule is Cc1cc(C)cc(NC(=O)[C@H]2Cc3ccccc3C(=O)O2)c1. The van der Waals surface area contributed by atoms with Gasteiger partial charge in [-0.25, -0.2) is 4.79 Å². The maximum absolute atomic E-state index is 12.4. The summed E-state index contributed by atoms with van der Waals surface area (Å²) in [5.41, 5.74) is 4.25. The first kappa shape index (κ1) is 14.3. The molecule has 4 heteroatoms. The molecule has 1 atom stereocenters. The van der Waals surface area contributed by atoms with Crippen LogP contribution in [0.25, 0.3) is 0 Å².